The van der Waals surface area contributed by atoms with E-state index in [0.29, 0.717) is 11.3 Å². The van der Waals surface area contributed by atoms with Crippen LogP contribution in [0, 0.1) is 5.41 Å². The Balaban J connectivity index is 1.93. The summed E-state index contributed by atoms with van der Waals surface area (Å²) in [5.74, 6) is 0.702. The van der Waals surface area contributed by atoms with Crippen LogP contribution in [0.4, 0.5) is 0 Å². The summed E-state index contributed by atoms with van der Waals surface area (Å²) in [5, 5.41) is 7.96. The van der Waals surface area contributed by atoms with Gasteiger partial charge in [0, 0.05) is 37.4 Å². The Hall–Kier alpha value is -0.830. The summed E-state index contributed by atoms with van der Waals surface area (Å²) < 4.78 is 2.16. The number of aromatic nitrogens is 2. The monoisotopic (exact) mass is 205 g/mol. The molecule has 1 aliphatic heterocycles. The molecule has 15 heavy (non-hydrogen) atoms. The number of aryl methyl sites for hydroxylation is 1. The van der Waals surface area contributed by atoms with Gasteiger partial charge in [-0.05, 0) is 31.2 Å². The lowest BCUT2D eigenvalue weighted by Gasteiger charge is -2.42. The molecule has 1 saturated carbocycles. The Labute approximate surface area is 90.9 Å². The van der Waals surface area contributed by atoms with Crippen LogP contribution in [0.5, 0.6) is 0 Å². The van der Waals surface area contributed by atoms with Gasteiger partial charge in [-0.25, -0.2) is 0 Å². The highest BCUT2D eigenvalue weighted by Crippen LogP contribution is 2.53. The zero-order valence-corrected chi connectivity index (χ0v) is 9.37. The van der Waals surface area contributed by atoms with E-state index in [0.717, 1.165) is 13.1 Å². The van der Waals surface area contributed by atoms with Crippen LogP contribution in [-0.4, -0.2) is 22.9 Å². The first-order chi connectivity index (χ1) is 7.36. The minimum absolute atomic E-state index is 0.576. The SMILES string of the molecule is CCn1nccc1C1CNCC12CCC2. The van der Waals surface area contributed by atoms with Crippen LogP contribution in [0.3, 0.4) is 0 Å². The molecular weight excluding hydrogens is 186 g/mol. The van der Waals surface area contributed by atoms with Crippen molar-refractivity contribution in [3.63, 3.8) is 0 Å². The molecule has 1 aromatic heterocycles. The Morgan fingerprint density at radius 1 is 1.60 bits per heavy atom. The van der Waals surface area contributed by atoms with Crippen molar-refractivity contribution in [1.82, 2.24) is 15.1 Å². The van der Waals surface area contributed by atoms with Crippen LogP contribution in [0.25, 0.3) is 0 Å². The minimum atomic E-state index is 0.576. The zero-order chi connectivity index (χ0) is 10.3. The maximum atomic E-state index is 4.39. The molecule has 1 spiro atoms. The molecule has 1 aromatic rings. The van der Waals surface area contributed by atoms with Crippen LogP contribution >= 0.6 is 0 Å². The van der Waals surface area contributed by atoms with Gasteiger partial charge in [-0.2, -0.15) is 5.10 Å². The highest BCUT2D eigenvalue weighted by atomic mass is 15.3. The van der Waals surface area contributed by atoms with Crippen LogP contribution in [0.2, 0.25) is 0 Å². The van der Waals surface area contributed by atoms with E-state index in [1.54, 1.807) is 0 Å². The van der Waals surface area contributed by atoms with E-state index >= 15 is 0 Å². The lowest BCUT2D eigenvalue weighted by molar-refractivity contribution is 0.133. The standard InChI is InChI=1S/C12H19N3/c1-2-15-11(4-7-14-15)10-8-13-9-12(10)5-3-6-12/h4,7,10,13H,2-3,5-6,8-9H2,1H3. The summed E-state index contributed by atoms with van der Waals surface area (Å²) >= 11 is 0. The summed E-state index contributed by atoms with van der Waals surface area (Å²) in [4.78, 5) is 0. The molecule has 3 nitrogen and oxygen atoms in total. The molecule has 0 aromatic carbocycles. The third-order valence-electron chi connectivity index (χ3n) is 4.32. The van der Waals surface area contributed by atoms with Crippen LogP contribution in [0.1, 0.15) is 37.8 Å². The fraction of sp³-hybridized carbons (Fsp3) is 0.750. The third-order valence-corrected chi connectivity index (χ3v) is 4.32. The molecular formula is C12H19N3. The third kappa shape index (κ3) is 1.26. The van der Waals surface area contributed by atoms with Gasteiger partial charge in [-0.1, -0.05) is 6.42 Å². The molecule has 1 unspecified atom stereocenters. The van der Waals surface area contributed by atoms with E-state index in [9.17, 15) is 0 Å². The van der Waals surface area contributed by atoms with Crippen molar-refractivity contribution in [2.45, 2.75) is 38.6 Å². The largest absolute Gasteiger partial charge is 0.315 e. The molecule has 2 aliphatic rings. The number of nitrogens with one attached hydrogen (secondary N) is 1. The molecule has 3 rings (SSSR count). The number of hydrogen-bond donors (Lipinski definition) is 1. The van der Waals surface area contributed by atoms with Gasteiger partial charge in [0.25, 0.3) is 0 Å². The van der Waals surface area contributed by atoms with E-state index in [1.807, 2.05) is 6.20 Å². The van der Waals surface area contributed by atoms with E-state index in [1.165, 1.54) is 31.5 Å². The van der Waals surface area contributed by atoms with Gasteiger partial charge in [0.2, 0.25) is 0 Å². The van der Waals surface area contributed by atoms with Crippen LogP contribution < -0.4 is 5.32 Å². The van der Waals surface area contributed by atoms with Crippen molar-refractivity contribution in [1.29, 1.82) is 0 Å². The van der Waals surface area contributed by atoms with Crippen molar-refractivity contribution in [2.24, 2.45) is 5.41 Å². The smallest absolute Gasteiger partial charge is 0.0492 e. The highest BCUT2D eigenvalue weighted by Gasteiger charge is 2.48. The minimum Gasteiger partial charge on any atom is -0.315 e. The number of hydrogen-bond acceptors (Lipinski definition) is 2. The molecule has 1 atom stereocenters. The maximum absolute atomic E-state index is 4.39. The Bertz CT molecular complexity index is 352. The zero-order valence-electron chi connectivity index (χ0n) is 9.37. The highest BCUT2D eigenvalue weighted by molar-refractivity contribution is 5.19. The predicted molar refractivity (Wildman–Crippen MR) is 59.8 cm³/mol. The van der Waals surface area contributed by atoms with Crippen molar-refractivity contribution in [3.05, 3.63) is 18.0 Å². The second kappa shape index (κ2) is 3.34. The molecule has 82 valence electrons. The van der Waals surface area contributed by atoms with Gasteiger partial charge in [-0.15, -0.1) is 0 Å². The normalized spacial score (nSPS) is 28.2. The Kier molecular flexibility index (Phi) is 2.09. The van der Waals surface area contributed by atoms with Crippen LogP contribution in [0.15, 0.2) is 12.3 Å². The summed E-state index contributed by atoms with van der Waals surface area (Å²) in [6, 6.07) is 2.21. The molecule has 2 fully saturated rings. The molecule has 0 radical (unpaired) electrons. The summed E-state index contributed by atoms with van der Waals surface area (Å²) in [7, 11) is 0. The second-order valence-corrected chi connectivity index (χ2v) is 4.97. The van der Waals surface area contributed by atoms with Crippen molar-refractivity contribution in [2.75, 3.05) is 13.1 Å². The topological polar surface area (TPSA) is 29.9 Å². The van der Waals surface area contributed by atoms with Crippen LogP contribution in [-0.2, 0) is 6.54 Å². The van der Waals surface area contributed by atoms with Gasteiger partial charge >= 0.3 is 0 Å². The van der Waals surface area contributed by atoms with Gasteiger partial charge in [0.15, 0.2) is 0 Å². The van der Waals surface area contributed by atoms with Gasteiger partial charge < -0.3 is 5.32 Å². The van der Waals surface area contributed by atoms with Gasteiger partial charge in [0.05, 0.1) is 0 Å². The Morgan fingerprint density at radius 3 is 3.13 bits per heavy atom. The summed E-state index contributed by atoms with van der Waals surface area (Å²) in [5.41, 5.74) is 2.02. The van der Waals surface area contributed by atoms with Gasteiger partial charge in [-0.3, -0.25) is 4.68 Å². The van der Waals surface area contributed by atoms with E-state index in [2.05, 4.69) is 28.1 Å². The first kappa shape index (κ1) is 9.40. The second-order valence-electron chi connectivity index (χ2n) is 4.97. The molecule has 2 heterocycles. The molecule has 1 N–H and O–H groups in total. The molecule has 0 bridgehead atoms. The average Bonchev–Trinajstić information content (AvgIpc) is 2.81. The molecule has 3 heteroatoms. The molecule has 0 amide bonds. The summed E-state index contributed by atoms with van der Waals surface area (Å²) in [6.07, 6.45) is 6.17. The number of rotatable bonds is 2. The fourth-order valence-electron chi connectivity index (χ4n) is 3.28. The van der Waals surface area contributed by atoms with Gasteiger partial charge in [0.1, 0.15) is 0 Å². The lowest BCUT2D eigenvalue weighted by atomic mass is 9.62. The maximum Gasteiger partial charge on any atom is 0.0492 e. The summed E-state index contributed by atoms with van der Waals surface area (Å²) in [6.45, 7) is 5.53. The number of nitrogens with zero attached hydrogens (tertiary/aromatic N) is 2. The lowest BCUT2D eigenvalue weighted by Crippen LogP contribution is -2.36. The predicted octanol–water partition coefficient (Wildman–Crippen LogP) is 1.76. The molecule has 1 aliphatic carbocycles. The first-order valence-corrected chi connectivity index (χ1v) is 6.08. The van der Waals surface area contributed by atoms with Crippen molar-refractivity contribution in [3.8, 4) is 0 Å². The van der Waals surface area contributed by atoms with Crippen molar-refractivity contribution < 1.29 is 0 Å². The Morgan fingerprint density at radius 2 is 2.47 bits per heavy atom. The molecule has 1 saturated heterocycles. The average molecular weight is 205 g/mol. The van der Waals surface area contributed by atoms with E-state index in [-0.39, 0.29) is 0 Å². The quantitative estimate of drug-likeness (QED) is 0.797. The fourth-order valence-corrected chi connectivity index (χ4v) is 3.28. The first-order valence-electron chi connectivity index (χ1n) is 6.08. The van der Waals surface area contributed by atoms with E-state index < -0.39 is 0 Å². The van der Waals surface area contributed by atoms with E-state index in [4.69, 9.17) is 0 Å². The van der Waals surface area contributed by atoms with Crippen molar-refractivity contribution >= 4 is 0 Å².